The van der Waals surface area contributed by atoms with Gasteiger partial charge < -0.3 is 4.42 Å². The Kier molecular flexibility index (Phi) is 7.10. The van der Waals surface area contributed by atoms with Crippen LogP contribution < -0.4 is 0 Å². The molecule has 0 bridgehead atoms. The molecule has 2 aromatic heterocycles. The van der Waals surface area contributed by atoms with Crippen molar-refractivity contribution in [2.75, 3.05) is 0 Å². The molecular formula is C45H29N3O. The van der Waals surface area contributed by atoms with Gasteiger partial charge in [-0.2, -0.15) is 0 Å². The lowest BCUT2D eigenvalue weighted by molar-refractivity contribution is 0.670. The van der Waals surface area contributed by atoms with Crippen molar-refractivity contribution in [3.63, 3.8) is 0 Å². The van der Waals surface area contributed by atoms with Gasteiger partial charge in [0.05, 0.1) is 0 Å². The molecule has 0 amide bonds. The maximum absolute atomic E-state index is 6.52. The average molecular weight is 628 g/mol. The zero-order valence-electron chi connectivity index (χ0n) is 26.5. The van der Waals surface area contributed by atoms with Crippen LogP contribution in [0.15, 0.2) is 180 Å². The summed E-state index contributed by atoms with van der Waals surface area (Å²) >= 11 is 0. The molecule has 230 valence electrons. The van der Waals surface area contributed by atoms with E-state index in [1.54, 1.807) is 0 Å². The molecule has 9 rings (SSSR count). The van der Waals surface area contributed by atoms with Crippen LogP contribution in [0.5, 0.6) is 0 Å². The molecule has 0 unspecified atom stereocenters. The second kappa shape index (κ2) is 12.2. The highest BCUT2D eigenvalue weighted by Crippen LogP contribution is 2.39. The summed E-state index contributed by atoms with van der Waals surface area (Å²) in [5.74, 6) is 1.86. The molecule has 0 aliphatic carbocycles. The van der Waals surface area contributed by atoms with Gasteiger partial charge in [0.1, 0.15) is 11.2 Å². The standard InChI is InChI=1S/C45H29N3O/c1-4-14-30(15-5-1)33-20-12-21-34(26-33)35-27-36(38-23-13-24-40-39-22-10-11-25-41(39)49-42(38)40)29-37(28-35)45-47-43(31-16-6-2-7-17-31)46-44(48-45)32-18-8-3-9-19-32/h1-29H. The molecule has 9 aromatic rings. The van der Waals surface area contributed by atoms with E-state index in [9.17, 15) is 0 Å². The predicted octanol–water partition coefficient (Wildman–Crippen LogP) is 11.8. The number of para-hydroxylation sites is 2. The molecule has 0 fully saturated rings. The molecule has 0 atom stereocenters. The number of rotatable bonds is 6. The highest BCUT2D eigenvalue weighted by Gasteiger charge is 2.17. The summed E-state index contributed by atoms with van der Waals surface area (Å²) in [6.07, 6.45) is 0. The minimum Gasteiger partial charge on any atom is -0.455 e. The van der Waals surface area contributed by atoms with Gasteiger partial charge in [-0.15, -0.1) is 0 Å². The van der Waals surface area contributed by atoms with Gasteiger partial charge >= 0.3 is 0 Å². The van der Waals surface area contributed by atoms with E-state index in [0.29, 0.717) is 17.5 Å². The Labute approximate surface area is 284 Å². The molecule has 0 spiro atoms. The Morgan fingerprint density at radius 2 is 0.755 bits per heavy atom. The summed E-state index contributed by atoms with van der Waals surface area (Å²) in [7, 11) is 0. The second-order valence-electron chi connectivity index (χ2n) is 12.1. The molecule has 0 saturated heterocycles. The zero-order chi connectivity index (χ0) is 32.6. The zero-order valence-corrected chi connectivity index (χ0v) is 26.5. The number of nitrogens with zero attached hydrogens (tertiary/aromatic N) is 3. The average Bonchev–Trinajstić information content (AvgIpc) is 3.58. The van der Waals surface area contributed by atoms with E-state index in [4.69, 9.17) is 19.4 Å². The van der Waals surface area contributed by atoms with Gasteiger partial charge in [-0.1, -0.05) is 146 Å². The normalized spacial score (nSPS) is 11.3. The van der Waals surface area contributed by atoms with Crippen LogP contribution in [-0.4, -0.2) is 15.0 Å². The largest absolute Gasteiger partial charge is 0.455 e. The maximum atomic E-state index is 6.52. The third-order valence-corrected chi connectivity index (χ3v) is 8.91. The molecule has 7 aromatic carbocycles. The van der Waals surface area contributed by atoms with Crippen molar-refractivity contribution < 1.29 is 4.42 Å². The van der Waals surface area contributed by atoms with Crippen LogP contribution in [0.2, 0.25) is 0 Å². The fourth-order valence-corrected chi connectivity index (χ4v) is 6.50. The summed E-state index contributed by atoms with van der Waals surface area (Å²) in [5, 5.41) is 2.19. The van der Waals surface area contributed by atoms with Crippen molar-refractivity contribution in [3.05, 3.63) is 176 Å². The van der Waals surface area contributed by atoms with Gasteiger partial charge in [0, 0.05) is 33.0 Å². The molecular weight excluding hydrogens is 599 g/mol. The number of fused-ring (bicyclic) bond motifs is 3. The molecule has 0 N–H and O–H groups in total. The number of aromatic nitrogens is 3. The van der Waals surface area contributed by atoms with Crippen LogP contribution >= 0.6 is 0 Å². The van der Waals surface area contributed by atoms with Crippen molar-refractivity contribution in [1.82, 2.24) is 15.0 Å². The number of furan rings is 1. The molecule has 4 nitrogen and oxygen atoms in total. The van der Waals surface area contributed by atoms with Crippen LogP contribution in [0.25, 0.3) is 89.5 Å². The topological polar surface area (TPSA) is 51.8 Å². The Bertz CT molecular complexity index is 2540. The lowest BCUT2D eigenvalue weighted by atomic mass is 9.93. The lowest BCUT2D eigenvalue weighted by Crippen LogP contribution is -2.00. The Balaban J connectivity index is 1.29. The van der Waals surface area contributed by atoms with E-state index in [0.717, 1.165) is 66.4 Å². The highest BCUT2D eigenvalue weighted by atomic mass is 16.3. The lowest BCUT2D eigenvalue weighted by Gasteiger charge is -2.13. The second-order valence-corrected chi connectivity index (χ2v) is 12.1. The fraction of sp³-hybridized carbons (Fsp3) is 0. The van der Waals surface area contributed by atoms with Gasteiger partial charge in [0.2, 0.25) is 0 Å². The summed E-state index contributed by atoms with van der Waals surface area (Å²) in [6, 6.07) is 60.5. The van der Waals surface area contributed by atoms with Crippen LogP contribution in [0.1, 0.15) is 0 Å². The first-order chi connectivity index (χ1) is 24.3. The van der Waals surface area contributed by atoms with E-state index in [-0.39, 0.29) is 0 Å². The van der Waals surface area contributed by atoms with Crippen LogP contribution in [0.3, 0.4) is 0 Å². The van der Waals surface area contributed by atoms with Crippen molar-refractivity contribution in [3.8, 4) is 67.5 Å². The SMILES string of the molecule is c1ccc(-c2cccc(-c3cc(-c4nc(-c5ccccc5)nc(-c5ccccc5)n4)cc(-c4cccc5c4oc4ccccc45)c3)c2)cc1. The van der Waals surface area contributed by atoms with Crippen molar-refractivity contribution in [1.29, 1.82) is 0 Å². The Hall–Kier alpha value is -6.65. The van der Waals surface area contributed by atoms with Gasteiger partial charge in [-0.25, -0.2) is 15.0 Å². The Morgan fingerprint density at radius 3 is 1.43 bits per heavy atom. The molecule has 4 heteroatoms. The van der Waals surface area contributed by atoms with Crippen molar-refractivity contribution in [2.45, 2.75) is 0 Å². The predicted molar refractivity (Wildman–Crippen MR) is 200 cm³/mol. The third kappa shape index (κ3) is 5.45. The number of hydrogen-bond donors (Lipinski definition) is 0. The van der Waals surface area contributed by atoms with Crippen LogP contribution in [0, 0.1) is 0 Å². The van der Waals surface area contributed by atoms with Crippen molar-refractivity contribution in [2.24, 2.45) is 0 Å². The Morgan fingerprint density at radius 1 is 0.306 bits per heavy atom. The quantitative estimate of drug-likeness (QED) is 0.184. The van der Waals surface area contributed by atoms with Gasteiger partial charge in [0.15, 0.2) is 17.5 Å². The van der Waals surface area contributed by atoms with E-state index < -0.39 is 0 Å². The van der Waals surface area contributed by atoms with Gasteiger partial charge in [-0.05, 0) is 58.1 Å². The minimum atomic E-state index is 0.604. The summed E-state index contributed by atoms with van der Waals surface area (Å²) in [6.45, 7) is 0. The minimum absolute atomic E-state index is 0.604. The molecule has 0 radical (unpaired) electrons. The first-order valence-corrected chi connectivity index (χ1v) is 16.4. The first-order valence-electron chi connectivity index (χ1n) is 16.4. The summed E-state index contributed by atoms with van der Waals surface area (Å²) in [4.78, 5) is 15.1. The monoisotopic (exact) mass is 627 g/mol. The smallest absolute Gasteiger partial charge is 0.164 e. The number of hydrogen-bond acceptors (Lipinski definition) is 4. The van der Waals surface area contributed by atoms with E-state index in [2.05, 4.69) is 97.1 Å². The van der Waals surface area contributed by atoms with E-state index in [1.165, 1.54) is 5.56 Å². The third-order valence-electron chi connectivity index (χ3n) is 8.91. The number of benzene rings is 7. The molecule has 0 aliphatic rings. The van der Waals surface area contributed by atoms with Crippen LogP contribution in [-0.2, 0) is 0 Å². The van der Waals surface area contributed by atoms with Crippen molar-refractivity contribution >= 4 is 21.9 Å². The first kappa shape index (κ1) is 28.6. The molecule has 2 heterocycles. The van der Waals surface area contributed by atoms with Crippen LogP contribution in [0.4, 0.5) is 0 Å². The maximum Gasteiger partial charge on any atom is 0.164 e. The fourth-order valence-electron chi connectivity index (χ4n) is 6.50. The summed E-state index contributed by atoms with van der Waals surface area (Å²) < 4.78 is 6.52. The van der Waals surface area contributed by atoms with E-state index >= 15 is 0 Å². The van der Waals surface area contributed by atoms with Gasteiger partial charge in [0.25, 0.3) is 0 Å². The molecule has 0 aliphatic heterocycles. The van der Waals surface area contributed by atoms with E-state index in [1.807, 2.05) is 78.9 Å². The van der Waals surface area contributed by atoms with Gasteiger partial charge in [-0.3, -0.25) is 0 Å². The molecule has 0 saturated carbocycles. The highest BCUT2D eigenvalue weighted by molar-refractivity contribution is 6.09. The summed E-state index contributed by atoms with van der Waals surface area (Å²) in [5.41, 5.74) is 11.0. The molecule has 49 heavy (non-hydrogen) atoms.